The molecule has 226 valence electrons. The fourth-order valence-electron chi connectivity index (χ4n) is 6.11. The maximum atomic E-state index is 14.2. The number of fused-ring (bicyclic) bond motifs is 3. The number of thiazole rings is 1. The molecule has 2 amide bonds. The standard InChI is InChI=1S/C32H35FN4O5S/c33-22-13-14-24-27(15-22)43-31(35-24)42-23-16-26-28(38)36-32(30(40)41)17-21(32)11-7-2-1-3-8-12-25(29(39)37(26)19-23)34-18-20-9-5-4-6-10-20/h4-7,9-11,13-15,21,23,25-26,34H,1-3,8,12,16-19H2,(H,36,38)(H,40,41)/t21-,23-,25+,26+,32-/m1/s1. The first-order chi connectivity index (χ1) is 20.8. The molecule has 2 fully saturated rings. The zero-order chi connectivity index (χ0) is 30.0. The second-order valence-electron chi connectivity index (χ2n) is 11.6. The van der Waals surface area contributed by atoms with Crippen LogP contribution in [-0.4, -0.2) is 63.0 Å². The van der Waals surface area contributed by atoms with Gasteiger partial charge in [-0.25, -0.2) is 14.2 Å². The van der Waals surface area contributed by atoms with Crippen molar-refractivity contribution in [2.24, 2.45) is 5.92 Å². The summed E-state index contributed by atoms with van der Waals surface area (Å²) in [5.74, 6) is -2.45. The molecular formula is C32H35FN4O5S. The number of halogens is 1. The predicted octanol–water partition coefficient (Wildman–Crippen LogP) is 4.42. The van der Waals surface area contributed by atoms with Crippen molar-refractivity contribution in [2.75, 3.05) is 6.54 Å². The van der Waals surface area contributed by atoms with E-state index in [0.29, 0.717) is 34.8 Å². The van der Waals surface area contributed by atoms with E-state index < -0.39 is 35.6 Å². The molecule has 0 unspecified atom stereocenters. The van der Waals surface area contributed by atoms with Gasteiger partial charge in [0.25, 0.3) is 5.19 Å². The number of aliphatic carboxylic acids is 1. The number of nitrogens with zero attached hydrogens (tertiary/aromatic N) is 2. The second kappa shape index (κ2) is 12.4. The number of nitrogens with one attached hydrogen (secondary N) is 2. The number of carbonyl (C=O) groups excluding carboxylic acids is 2. The number of hydrogen-bond donors (Lipinski definition) is 3. The van der Waals surface area contributed by atoms with Crippen molar-refractivity contribution in [3.05, 3.63) is 72.1 Å². The molecular weight excluding hydrogens is 571 g/mol. The highest BCUT2D eigenvalue weighted by Crippen LogP contribution is 2.45. The van der Waals surface area contributed by atoms with E-state index in [1.807, 2.05) is 42.5 Å². The number of carboxylic acids is 1. The average molecular weight is 607 g/mol. The Morgan fingerprint density at radius 2 is 2.02 bits per heavy atom. The van der Waals surface area contributed by atoms with E-state index in [0.717, 1.165) is 31.2 Å². The molecule has 6 rings (SSSR count). The first-order valence-corrected chi connectivity index (χ1v) is 15.7. The SMILES string of the molecule is O=C1N[C@]2(C(=O)O)C[C@H]2C=CCCCCC[C@H](NCc2ccccc2)C(=O)N2C[C@H](Oc3nc4ccc(F)cc4s3)C[C@@H]12. The summed E-state index contributed by atoms with van der Waals surface area (Å²) in [4.78, 5) is 46.2. The van der Waals surface area contributed by atoms with Gasteiger partial charge in [-0.05, 0) is 49.4 Å². The first-order valence-electron chi connectivity index (χ1n) is 14.8. The van der Waals surface area contributed by atoms with Gasteiger partial charge < -0.3 is 25.4 Å². The second-order valence-corrected chi connectivity index (χ2v) is 12.6. The Morgan fingerprint density at radius 1 is 1.19 bits per heavy atom. The lowest BCUT2D eigenvalue weighted by Gasteiger charge is -2.29. The molecule has 3 heterocycles. The van der Waals surface area contributed by atoms with Gasteiger partial charge in [0.1, 0.15) is 23.5 Å². The van der Waals surface area contributed by atoms with Crippen LogP contribution in [0.4, 0.5) is 4.39 Å². The molecule has 43 heavy (non-hydrogen) atoms. The van der Waals surface area contributed by atoms with E-state index in [-0.39, 0.29) is 30.6 Å². The van der Waals surface area contributed by atoms with Gasteiger partial charge in [0.2, 0.25) is 11.8 Å². The van der Waals surface area contributed by atoms with Crippen LogP contribution in [0.1, 0.15) is 50.5 Å². The summed E-state index contributed by atoms with van der Waals surface area (Å²) in [6, 6.07) is 12.7. The zero-order valence-corrected chi connectivity index (χ0v) is 24.5. The van der Waals surface area contributed by atoms with Crippen LogP contribution in [0.2, 0.25) is 0 Å². The highest BCUT2D eigenvalue weighted by atomic mass is 32.1. The maximum absolute atomic E-state index is 14.2. The van der Waals surface area contributed by atoms with Gasteiger partial charge in [-0.3, -0.25) is 9.59 Å². The topological polar surface area (TPSA) is 121 Å². The third-order valence-corrected chi connectivity index (χ3v) is 9.52. The Labute approximate surface area is 253 Å². The van der Waals surface area contributed by atoms with E-state index in [2.05, 4.69) is 15.6 Å². The molecule has 3 aromatic rings. The molecule has 1 aliphatic carbocycles. The van der Waals surface area contributed by atoms with Gasteiger partial charge >= 0.3 is 5.97 Å². The summed E-state index contributed by atoms with van der Waals surface area (Å²) in [6.07, 6.45) is 7.99. The lowest BCUT2D eigenvalue weighted by Crippen LogP contribution is -2.55. The van der Waals surface area contributed by atoms with Crippen molar-refractivity contribution in [1.29, 1.82) is 0 Å². The van der Waals surface area contributed by atoms with Gasteiger partial charge in [0.05, 0.1) is 22.8 Å². The zero-order valence-electron chi connectivity index (χ0n) is 23.7. The average Bonchev–Trinajstić information content (AvgIpc) is 3.31. The molecule has 1 saturated carbocycles. The molecule has 1 aromatic heterocycles. The van der Waals surface area contributed by atoms with Crippen molar-refractivity contribution in [2.45, 2.75) is 75.2 Å². The van der Waals surface area contributed by atoms with Gasteiger partial charge in [-0.2, -0.15) is 0 Å². The largest absolute Gasteiger partial charge is 0.479 e. The fourth-order valence-corrected chi connectivity index (χ4v) is 7.02. The van der Waals surface area contributed by atoms with Crippen LogP contribution < -0.4 is 15.4 Å². The number of benzene rings is 2. The quantitative estimate of drug-likeness (QED) is 0.355. The van der Waals surface area contributed by atoms with Crippen LogP contribution in [-0.2, 0) is 20.9 Å². The summed E-state index contributed by atoms with van der Waals surface area (Å²) in [5.41, 5.74) is 0.275. The minimum Gasteiger partial charge on any atom is -0.479 e. The molecule has 0 bridgehead atoms. The molecule has 11 heteroatoms. The Balaban J connectivity index is 1.26. The van der Waals surface area contributed by atoms with E-state index in [1.165, 1.54) is 28.4 Å². The highest BCUT2D eigenvalue weighted by Gasteiger charge is 2.61. The van der Waals surface area contributed by atoms with Gasteiger partial charge in [-0.15, -0.1) is 0 Å². The number of carbonyl (C=O) groups is 3. The summed E-state index contributed by atoms with van der Waals surface area (Å²) in [5, 5.41) is 16.6. The Hall–Kier alpha value is -3.83. The monoisotopic (exact) mass is 606 g/mol. The van der Waals surface area contributed by atoms with E-state index in [4.69, 9.17) is 4.74 Å². The number of amides is 2. The number of ether oxygens (including phenoxy) is 1. The molecule has 0 radical (unpaired) electrons. The number of rotatable bonds is 6. The predicted molar refractivity (Wildman–Crippen MR) is 160 cm³/mol. The van der Waals surface area contributed by atoms with Crippen LogP contribution in [0.3, 0.4) is 0 Å². The normalized spacial score (nSPS) is 28.0. The Bertz CT molecular complexity index is 1530. The molecule has 3 N–H and O–H groups in total. The van der Waals surface area contributed by atoms with E-state index in [1.54, 1.807) is 6.07 Å². The molecule has 2 aromatic carbocycles. The van der Waals surface area contributed by atoms with Crippen molar-refractivity contribution in [3.63, 3.8) is 0 Å². The first kappa shape index (κ1) is 29.3. The van der Waals surface area contributed by atoms with Crippen LogP contribution in [0.5, 0.6) is 5.19 Å². The maximum Gasteiger partial charge on any atom is 0.330 e. The molecule has 1 saturated heterocycles. The third kappa shape index (κ3) is 6.42. The number of hydrogen-bond acceptors (Lipinski definition) is 7. The van der Waals surface area contributed by atoms with Crippen LogP contribution in [0.25, 0.3) is 10.2 Å². The molecule has 2 aliphatic heterocycles. The Morgan fingerprint density at radius 3 is 2.84 bits per heavy atom. The summed E-state index contributed by atoms with van der Waals surface area (Å²) < 4.78 is 20.6. The van der Waals surface area contributed by atoms with Gasteiger partial charge in [0, 0.05) is 18.9 Å². The number of carboxylic acid groups (broad SMARTS) is 1. The van der Waals surface area contributed by atoms with Crippen LogP contribution in [0.15, 0.2) is 60.7 Å². The fraction of sp³-hybridized carbons (Fsp3) is 0.438. The third-order valence-electron chi connectivity index (χ3n) is 8.61. The molecule has 5 atom stereocenters. The van der Waals surface area contributed by atoms with Crippen LogP contribution in [0, 0.1) is 11.7 Å². The van der Waals surface area contributed by atoms with Gasteiger partial charge in [-0.1, -0.05) is 66.7 Å². The minimum absolute atomic E-state index is 0.147. The molecule has 3 aliphatic rings. The molecule has 9 nitrogen and oxygen atoms in total. The summed E-state index contributed by atoms with van der Waals surface area (Å²) in [7, 11) is 0. The van der Waals surface area contributed by atoms with Crippen LogP contribution >= 0.6 is 11.3 Å². The lowest BCUT2D eigenvalue weighted by atomic mass is 10.0. The van der Waals surface area contributed by atoms with Crippen molar-refractivity contribution < 1.29 is 28.6 Å². The highest BCUT2D eigenvalue weighted by molar-refractivity contribution is 7.20. The van der Waals surface area contributed by atoms with E-state index in [9.17, 15) is 23.9 Å². The van der Waals surface area contributed by atoms with Crippen molar-refractivity contribution >= 4 is 39.3 Å². The lowest BCUT2D eigenvalue weighted by molar-refractivity contribution is -0.145. The minimum atomic E-state index is -1.37. The summed E-state index contributed by atoms with van der Waals surface area (Å²) >= 11 is 1.20. The Kier molecular flexibility index (Phi) is 8.45. The van der Waals surface area contributed by atoms with Gasteiger partial charge in [0.15, 0.2) is 0 Å². The number of allylic oxidation sites excluding steroid dienone is 1. The number of aromatic nitrogens is 1. The molecule has 0 spiro atoms. The van der Waals surface area contributed by atoms with E-state index >= 15 is 0 Å². The van der Waals surface area contributed by atoms with Crippen molar-refractivity contribution in [3.8, 4) is 5.19 Å². The smallest absolute Gasteiger partial charge is 0.330 e. The summed E-state index contributed by atoms with van der Waals surface area (Å²) in [6.45, 7) is 0.644. The van der Waals surface area contributed by atoms with Crippen molar-refractivity contribution in [1.82, 2.24) is 20.5 Å².